The lowest BCUT2D eigenvalue weighted by Gasteiger charge is -2.27. The third-order valence-corrected chi connectivity index (χ3v) is 6.54. The summed E-state index contributed by atoms with van der Waals surface area (Å²) in [6.07, 6.45) is -2.07. The quantitative estimate of drug-likeness (QED) is 0.359. The van der Waals surface area contributed by atoms with Crippen molar-refractivity contribution in [2.45, 2.75) is 25.7 Å². The molecule has 0 radical (unpaired) electrons. The number of nitrogens with one attached hydrogen (secondary N) is 1. The molecule has 5 rings (SSSR count). The molecule has 1 aliphatic rings. The van der Waals surface area contributed by atoms with Gasteiger partial charge in [0, 0.05) is 48.4 Å². The number of alkyl halides is 3. The Hall–Kier alpha value is -3.69. The smallest absolute Gasteiger partial charge is 0.416 e. The van der Waals surface area contributed by atoms with Crippen LogP contribution in [0.4, 0.5) is 13.2 Å². The lowest BCUT2D eigenvalue weighted by Crippen LogP contribution is -2.35. The number of benzene rings is 2. The van der Waals surface area contributed by atoms with Crippen LogP contribution in [0.5, 0.6) is 5.75 Å². The Bertz CT molecular complexity index is 1490. The molecule has 1 N–H and O–H groups in total. The van der Waals surface area contributed by atoms with E-state index in [1.165, 1.54) is 12.1 Å². The first-order valence-electron chi connectivity index (χ1n) is 11.5. The predicted octanol–water partition coefficient (Wildman–Crippen LogP) is 5.74. The van der Waals surface area contributed by atoms with Gasteiger partial charge in [0.15, 0.2) is 0 Å². The topological polar surface area (TPSA) is 71.1 Å². The predicted molar refractivity (Wildman–Crippen MR) is 134 cm³/mol. The van der Waals surface area contributed by atoms with E-state index in [0.29, 0.717) is 53.6 Å². The largest absolute Gasteiger partial charge is 0.496 e. The Morgan fingerprint density at radius 3 is 2.57 bits per heavy atom. The Morgan fingerprint density at radius 2 is 1.89 bits per heavy atom. The van der Waals surface area contributed by atoms with Gasteiger partial charge >= 0.3 is 6.18 Å². The maximum absolute atomic E-state index is 12.9. The van der Waals surface area contributed by atoms with Crippen LogP contribution in [-0.4, -0.2) is 33.5 Å². The Morgan fingerprint density at radius 1 is 1.11 bits per heavy atom. The third-order valence-electron chi connectivity index (χ3n) is 6.30. The molecule has 0 atom stereocenters. The molecule has 3 heterocycles. The van der Waals surface area contributed by atoms with E-state index in [-0.39, 0.29) is 11.4 Å². The first-order chi connectivity index (χ1) is 17.7. The molecule has 37 heavy (non-hydrogen) atoms. The highest BCUT2D eigenvalue weighted by Gasteiger charge is 2.30. The molecule has 4 aromatic rings. The second kappa shape index (κ2) is 9.99. The van der Waals surface area contributed by atoms with E-state index in [0.717, 1.165) is 29.0 Å². The Balaban J connectivity index is 1.30. The number of fused-ring (bicyclic) bond motifs is 1. The molecule has 1 aliphatic heterocycles. The van der Waals surface area contributed by atoms with Gasteiger partial charge in [-0.1, -0.05) is 29.8 Å². The van der Waals surface area contributed by atoms with Gasteiger partial charge < -0.3 is 9.72 Å². The van der Waals surface area contributed by atoms with Crippen LogP contribution in [0.2, 0.25) is 5.02 Å². The SMILES string of the molecule is COc1ccc(Cl)cc1-c1ccc(CN2CCc3nc(-c4ccc(C(F)(F)F)cc4)[nH]c(=O)c3C2)cn1. The number of pyridine rings is 1. The summed E-state index contributed by atoms with van der Waals surface area (Å²) in [5.41, 5.74) is 3.15. The number of aromatic nitrogens is 3. The van der Waals surface area contributed by atoms with Gasteiger partial charge in [-0.25, -0.2) is 4.98 Å². The average Bonchev–Trinajstić information content (AvgIpc) is 2.89. The van der Waals surface area contributed by atoms with Gasteiger partial charge in [-0.15, -0.1) is 0 Å². The molecule has 0 aliphatic carbocycles. The molecule has 190 valence electrons. The number of methoxy groups -OCH3 is 1. The van der Waals surface area contributed by atoms with Crippen LogP contribution in [0.25, 0.3) is 22.6 Å². The molecule has 0 saturated carbocycles. The van der Waals surface area contributed by atoms with Crippen molar-refractivity contribution in [3.63, 3.8) is 0 Å². The van der Waals surface area contributed by atoms with Crippen LogP contribution in [0, 0.1) is 0 Å². The van der Waals surface area contributed by atoms with Crippen molar-refractivity contribution >= 4 is 11.6 Å². The standard InChI is InChI=1S/C27H22ClF3N4O2/c1-37-24-9-7-19(28)12-20(24)22-8-2-16(13-32-22)14-35-11-10-23-21(15-35)26(36)34-25(33-23)17-3-5-18(6-4-17)27(29,30)31/h2-9,12-13H,10-11,14-15H2,1H3,(H,33,34,36). The first-order valence-corrected chi connectivity index (χ1v) is 11.9. The van der Waals surface area contributed by atoms with Gasteiger partial charge in [0.25, 0.3) is 5.56 Å². The number of halogens is 4. The molecule has 0 amide bonds. The number of H-pyrrole nitrogens is 1. The summed E-state index contributed by atoms with van der Waals surface area (Å²) in [6.45, 7) is 1.69. The van der Waals surface area contributed by atoms with Crippen molar-refractivity contribution in [3.8, 4) is 28.4 Å². The molecule has 6 nitrogen and oxygen atoms in total. The van der Waals surface area contributed by atoms with E-state index in [4.69, 9.17) is 16.3 Å². The maximum atomic E-state index is 12.9. The summed E-state index contributed by atoms with van der Waals surface area (Å²) >= 11 is 6.14. The Labute approximate surface area is 215 Å². The van der Waals surface area contributed by atoms with Gasteiger partial charge in [-0.2, -0.15) is 13.2 Å². The molecule has 0 fully saturated rings. The van der Waals surface area contributed by atoms with E-state index in [1.807, 2.05) is 18.2 Å². The van der Waals surface area contributed by atoms with Crippen LogP contribution in [-0.2, 0) is 25.7 Å². The number of ether oxygens (including phenoxy) is 1. The molecule has 10 heteroatoms. The van der Waals surface area contributed by atoms with Crippen molar-refractivity contribution in [2.24, 2.45) is 0 Å². The second-order valence-corrected chi connectivity index (χ2v) is 9.21. The highest BCUT2D eigenvalue weighted by molar-refractivity contribution is 6.30. The van der Waals surface area contributed by atoms with Crippen molar-refractivity contribution in [1.29, 1.82) is 0 Å². The minimum atomic E-state index is -4.42. The Kier molecular flexibility index (Phi) is 6.74. The second-order valence-electron chi connectivity index (χ2n) is 8.77. The molecule has 0 unspecified atom stereocenters. The minimum absolute atomic E-state index is 0.266. The number of nitrogens with zero attached hydrogens (tertiary/aromatic N) is 3. The number of rotatable bonds is 5. The van der Waals surface area contributed by atoms with Gasteiger partial charge in [0.1, 0.15) is 11.6 Å². The number of aromatic amines is 1. The number of hydrogen-bond acceptors (Lipinski definition) is 5. The normalized spacial score (nSPS) is 13.9. The summed E-state index contributed by atoms with van der Waals surface area (Å²) in [4.78, 5) is 26.8. The van der Waals surface area contributed by atoms with Crippen LogP contribution in [0.1, 0.15) is 22.4 Å². The van der Waals surface area contributed by atoms with E-state index in [1.54, 1.807) is 25.4 Å². The van der Waals surface area contributed by atoms with Crippen molar-refractivity contribution in [2.75, 3.05) is 13.7 Å². The summed E-state index contributed by atoms with van der Waals surface area (Å²) in [5, 5.41) is 0.592. The van der Waals surface area contributed by atoms with E-state index in [9.17, 15) is 18.0 Å². The molecule has 0 saturated heterocycles. The van der Waals surface area contributed by atoms with Gasteiger partial charge in [-0.3, -0.25) is 14.7 Å². The zero-order valence-corrected chi connectivity index (χ0v) is 20.5. The van der Waals surface area contributed by atoms with Crippen molar-refractivity contribution in [1.82, 2.24) is 19.9 Å². The summed E-state index contributed by atoms with van der Waals surface area (Å²) in [7, 11) is 1.60. The summed E-state index contributed by atoms with van der Waals surface area (Å²) < 4.78 is 44.0. The van der Waals surface area contributed by atoms with Crippen LogP contribution < -0.4 is 10.3 Å². The molecule has 2 aromatic heterocycles. The molecule has 0 spiro atoms. The summed E-state index contributed by atoms with van der Waals surface area (Å²) in [5.74, 6) is 0.946. The molecule has 2 aromatic carbocycles. The van der Waals surface area contributed by atoms with Crippen LogP contribution in [0.15, 0.2) is 65.6 Å². The van der Waals surface area contributed by atoms with E-state index < -0.39 is 11.7 Å². The lowest BCUT2D eigenvalue weighted by molar-refractivity contribution is -0.137. The molecule has 0 bridgehead atoms. The highest BCUT2D eigenvalue weighted by Crippen LogP contribution is 2.32. The highest BCUT2D eigenvalue weighted by atomic mass is 35.5. The van der Waals surface area contributed by atoms with Gasteiger partial charge in [-0.05, 0) is 42.0 Å². The molecular weight excluding hydrogens is 505 g/mol. The lowest BCUT2D eigenvalue weighted by atomic mass is 10.0. The minimum Gasteiger partial charge on any atom is -0.496 e. The number of hydrogen-bond donors (Lipinski definition) is 1. The van der Waals surface area contributed by atoms with E-state index in [2.05, 4.69) is 19.9 Å². The van der Waals surface area contributed by atoms with Crippen LogP contribution >= 0.6 is 11.6 Å². The third kappa shape index (κ3) is 5.38. The first kappa shape index (κ1) is 25.0. The summed E-state index contributed by atoms with van der Waals surface area (Å²) in [6, 6.07) is 13.9. The van der Waals surface area contributed by atoms with Gasteiger partial charge in [0.05, 0.1) is 29.6 Å². The van der Waals surface area contributed by atoms with Crippen LogP contribution in [0.3, 0.4) is 0 Å². The molecular formula is C27H22ClF3N4O2. The van der Waals surface area contributed by atoms with E-state index >= 15 is 0 Å². The fourth-order valence-electron chi connectivity index (χ4n) is 4.39. The zero-order valence-electron chi connectivity index (χ0n) is 19.8. The fraction of sp³-hybridized carbons (Fsp3) is 0.222. The monoisotopic (exact) mass is 526 g/mol. The van der Waals surface area contributed by atoms with Crippen molar-refractivity contribution < 1.29 is 17.9 Å². The fourth-order valence-corrected chi connectivity index (χ4v) is 4.56. The van der Waals surface area contributed by atoms with Crippen molar-refractivity contribution in [3.05, 3.63) is 98.6 Å². The average molecular weight is 527 g/mol. The zero-order chi connectivity index (χ0) is 26.2. The maximum Gasteiger partial charge on any atom is 0.416 e. The van der Waals surface area contributed by atoms with Gasteiger partial charge in [0.2, 0.25) is 0 Å².